The minimum Gasteiger partial charge on any atom is -0.379 e. The second-order valence-electron chi connectivity index (χ2n) is 8.09. The van der Waals surface area contributed by atoms with E-state index in [-0.39, 0.29) is 24.1 Å². The molecule has 0 saturated heterocycles. The van der Waals surface area contributed by atoms with Crippen LogP contribution in [0.1, 0.15) is 23.7 Å². The molecule has 12 heteroatoms. The van der Waals surface area contributed by atoms with Crippen LogP contribution in [-0.4, -0.2) is 52.0 Å². The minimum atomic E-state index is -1.50. The number of nitrogens with zero attached hydrogens (tertiary/aromatic N) is 5. The summed E-state index contributed by atoms with van der Waals surface area (Å²) in [5.41, 5.74) is 2.17. The number of likely N-dealkylation sites (N-methyl/N-ethyl adjacent to an activating group) is 1. The normalized spacial score (nSPS) is 16.3. The number of aromatic nitrogens is 4. The number of carbonyl (C=O) groups excluding carboxylic acids is 1. The average molecular weight is 475 g/mol. The van der Waals surface area contributed by atoms with Crippen molar-refractivity contribution in [3.8, 4) is 0 Å². The zero-order valence-electron chi connectivity index (χ0n) is 19.1. The van der Waals surface area contributed by atoms with Crippen molar-refractivity contribution >= 4 is 23.4 Å². The first-order valence-corrected chi connectivity index (χ1v) is 10.5. The Labute approximate surface area is 194 Å². The fourth-order valence-electron chi connectivity index (χ4n) is 3.85. The van der Waals surface area contributed by atoms with Crippen LogP contribution in [-0.2, 0) is 22.6 Å². The van der Waals surface area contributed by atoms with E-state index in [0.717, 1.165) is 17.7 Å². The predicted molar refractivity (Wildman–Crippen MR) is 119 cm³/mol. The Hall–Kier alpha value is -3.67. The van der Waals surface area contributed by atoms with E-state index >= 15 is 0 Å². The standard InChI is InChI=1S/C22H24F3N7O2/c1-11-18-20(31(3)19(12(2)34-4)21(33)29-18)30-22(28-11)26-7-14-8-27-32(10-14)9-13-5-15(23)17(25)16(24)6-13/h5-6,8,10,12,19H,7,9H2,1-4H3,(H,29,33)(H,26,28,30)/t12-,19?/m1/s1. The van der Waals surface area contributed by atoms with E-state index < -0.39 is 23.5 Å². The van der Waals surface area contributed by atoms with Crippen molar-refractivity contribution in [3.63, 3.8) is 0 Å². The van der Waals surface area contributed by atoms with Gasteiger partial charge in [0, 0.05) is 32.5 Å². The summed E-state index contributed by atoms with van der Waals surface area (Å²) < 4.78 is 46.9. The van der Waals surface area contributed by atoms with Crippen molar-refractivity contribution in [1.29, 1.82) is 0 Å². The van der Waals surface area contributed by atoms with Gasteiger partial charge < -0.3 is 20.3 Å². The third-order valence-electron chi connectivity index (χ3n) is 5.68. The van der Waals surface area contributed by atoms with Crippen molar-refractivity contribution in [2.24, 2.45) is 0 Å². The monoisotopic (exact) mass is 475 g/mol. The van der Waals surface area contributed by atoms with E-state index in [1.165, 1.54) is 4.68 Å². The summed E-state index contributed by atoms with van der Waals surface area (Å²) in [4.78, 5) is 23.3. The molecule has 0 saturated carbocycles. The molecule has 0 aliphatic carbocycles. The van der Waals surface area contributed by atoms with Gasteiger partial charge in [0.05, 0.1) is 24.5 Å². The largest absolute Gasteiger partial charge is 0.379 e. The third kappa shape index (κ3) is 4.53. The highest BCUT2D eigenvalue weighted by molar-refractivity contribution is 6.03. The Kier molecular flexibility index (Phi) is 6.42. The number of aryl methyl sites for hydroxylation is 1. The van der Waals surface area contributed by atoms with Gasteiger partial charge in [-0.05, 0) is 31.5 Å². The number of rotatable bonds is 7. The predicted octanol–water partition coefficient (Wildman–Crippen LogP) is 2.85. The van der Waals surface area contributed by atoms with Crippen LogP contribution in [0.3, 0.4) is 0 Å². The molecule has 4 rings (SSSR count). The Morgan fingerprint density at radius 3 is 2.59 bits per heavy atom. The highest BCUT2D eigenvalue weighted by Gasteiger charge is 2.37. The second-order valence-corrected chi connectivity index (χ2v) is 8.09. The lowest BCUT2D eigenvalue weighted by atomic mass is 10.1. The number of halogens is 3. The smallest absolute Gasteiger partial charge is 0.249 e. The third-order valence-corrected chi connectivity index (χ3v) is 5.68. The van der Waals surface area contributed by atoms with Crippen LogP contribution < -0.4 is 15.5 Å². The van der Waals surface area contributed by atoms with E-state index in [0.29, 0.717) is 29.7 Å². The number of benzene rings is 1. The fourth-order valence-corrected chi connectivity index (χ4v) is 3.85. The topological polar surface area (TPSA) is 97.2 Å². The zero-order valence-corrected chi connectivity index (χ0v) is 19.1. The zero-order chi connectivity index (χ0) is 24.6. The van der Waals surface area contributed by atoms with Crippen LogP contribution >= 0.6 is 0 Å². The van der Waals surface area contributed by atoms with Crippen LogP contribution in [0.15, 0.2) is 24.5 Å². The molecule has 2 N–H and O–H groups in total. The number of hydrogen-bond acceptors (Lipinski definition) is 7. The van der Waals surface area contributed by atoms with Gasteiger partial charge in [0.25, 0.3) is 0 Å². The molecule has 0 bridgehead atoms. The van der Waals surface area contributed by atoms with Crippen LogP contribution in [0.5, 0.6) is 0 Å². The SMILES string of the molecule is CO[C@H](C)C1C(=O)Nc2c(C)nc(NCc3cnn(Cc4cc(F)c(F)c(F)c4)c3)nc2N1C. The van der Waals surface area contributed by atoms with Gasteiger partial charge in [-0.15, -0.1) is 0 Å². The summed E-state index contributed by atoms with van der Waals surface area (Å²) in [6, 6.07) is 1.34. The summed E-state index contributed by atoms with van der Waals surface area (Å²) in [5, 5.41) is 10.2. The Morgan fingerprint density at radius 2 is 1.91 bits per heavy atom. The number of carbonyl (C=O) groups is 1. The quantitative estimate of drug-likeness (QED) is 0.507. The number of hydrogen-bond donors (Lipinski definition) is 2. The molecular weight excluding hydrogens is 451 g/mol. The van der Waals surface area contributed by atoms with E-state index in [2.05, 4.69) is 25.7 Å². The molecule has 1 unspecified atom stereocenters. The van der Waals surface area contributed by atoms with Crippen molar-refractivity contribution in [3.05, 3.63) is 58.8 Å². The van der Waals surface area contributed by atoms with Crippen molar-refractivity contribution in [2.45, 2.75) is 39.1 Å². The molecule has 3 aromatic rings. The number of fused-ring (bicyclic) bond motifs is 1. The van der Waals surface area contributed by atoms with E-state index in [1.807, 2.05) is 6.92 Å². The molecule has 0 radical (unpaired) electrons. The number of methoxy groups -OCH3 is 1. The molecule has 2 aromatic heterocycles. The molecule has 2 atom stereocenters. The molecule has 1 aromatic carbocycles. The van der Waals surface area contributed by atoms with Gasteiger partial charge in [-0.2, -0.15) is 10.1 Å². The van der Waals surface area contributed by atoms with Crippen LogP contribution in [0, 0.1) is 24.4 Å². The van der Waals surface area contributed by atoms with Gasteiger partial charge in [-0.3, -0.25) is 9.48 Å². The molecule has 1 aliphatic rings. The molecule has 3 heterocycles. The highest BCUT2D eigenvalue weighted by atomic mass is 19.2. The van der Waals surface area contributed by atoms with Gasteiger partial charge in [-0.1, -0.05) is 0 Å². The van der Waals surface area contributed by atoms with Gasteiger partial charge in [0.15, 0.2) is 23.3 Å². The molecule has 34 heavy (non-hydrogen) atoms. The molecule has 1 aliphatic heterocycles. The lowest BCUT2D eigenvalue weighted by Crippen LogP contribution is -2.53. The number of ether oxygens (including phenoxy) is 1. The molecule has 9 nitrogen and oxygen atoms in total. The average Bonchev–Trinajstić information content (AvgIpc) is 3.24. The molecule has 1 amide bonds. The maximum Gasteiger partial charge on any atom is 0.249 e. The van der Waals surface area contributed by atoms with E-state index in [1.54, 1.807) is 38.4 Å². The van der Waals surface area contributed by atoms with Crippen molar-refractivity contribution in [2.75, 3.05) is 29.7 Å². The Morgan fingerprint density at radius 1 is 1.21 bits per heavy atom. The maximum atomic E-state index is 13.4. The van der Waals surface area contributed by atoms with Crippen molar-refractivity contribution in [1.82, 2.24) is 19.7 Å². The first-order valence-electron chi connectivity index (χ1n) is 10.5. The second kappa shape index (κ2) is 9.29. The molecule has 0 spiro atoms. The van der Waals surface area contributed by atoms with Crippen LogP contribution in [0.4, 0.5) is 30.6 Å². The number of nitrogens with one attached hydrogen (secondary N) is 2. The van der Waals surface area contributed by atoms with E-state index in [9.17, 15) is 18.0 Å². The van der Waals surface area contributed by atoms with Crippen LogP contribution in [0.25, 0.3) is 0 Å². The highest BCUT2D eigenvalue weighted by Crippen LogP contribution is 2.33. The van der Waals surface area contributed by atoms with Gasteiger partial charge in [-0.25, -0.2) is 18.2 Å². The fraction of sp³-hybridized carbons (Fsp3) is 0.364. The van der Waals surface area contributed by atoms with Gasteiger partial charge >= 0.3 is 0 Å². The molecule has 0 fully saturated rings. The lowest BCUT2D eigenvalue weighted by molar-refractivity contribution is -0.120. The van der Waals surface area contributed by atoms with Gasteiger partial charge in [0.2, 0.25) is 11.9 Å². The first-order chi connectivity index (χ1) is 16.2. The summed E-state index contributed by atoms with van der Waals surface area (Å²) in [6.07, 6.45) is 2.94. The van der Waals surface area contributed by atoms with Crippen LogP contribution in [0.2, 0.25) is 0 Å². The maximum absolute atomic E-state index is 13.4. The van der Waals surface area contributed by atoms with Crippen molar-refractivity contribution < 1.29 is 22.7 Å². The number of anilines is 3. The molecular formula is C22H24F3N7O2. The first kappa shape index (κ1) is 23.5. The van der Waals surface area contributed by atoms with E-state index in [4.69, 9.17) is 4.74 Å². The Balaban J connectivity index is 1.47. The van der Waals surface area contributed by atoms with Gasteiger partial charge in [0.1, 0.15) is 11.7 Å². The summed E-state index contributed by atoms with van der Waals surface area (Å²) in [5.74, 6) is -3.25. The minimum absolute atomic E-state index is 0.0755. The molecule has 180 valence electrons. The summed E-state index contributed by atoms with van der Waals surface area (Å²) in [6.45, 7) is 3.99. The number of amides is 1. The summed E-state index contributed by atoms with van der Waals surface area (Å²) >= 11 is 0. The summed E-state index contributed by atoms with van der Waals surface area (Å²) in [7, 11) is 3.32. The lowest BCUT2D eigenvalue weighted by Gasteiger charge is -2.37. The Bertz CT molecular complexity index is 1210.